The predicted octanol–water partition coefficient (Wildman–Crippen LogP) is 3.84. The second-order valence-electron chi connectivity index (χ2n) is 5.16. The third-order valence-electron chi connectivity index (χ3n) is 1.30. The fourth-order valence-corrected chi connectivity index (χ4v) is 0.732. The third kappa shape index (κ3) is 9.74. The van der Waals surface area contributed by atoms with Crippen LogP contribution in [0.1, 0.15) is 41.0 Å². The molecule has 0 N–H and O–H groups in total. The molecule has 0 nitrogen and oxygen atoms in total. The normalized spacial score (nSPS) is 14.4. The van der Waals surface area contributed by atoms with E-state index in [4.69, 9.17) is 0 Å². The first kappa shape index (κ1) is 10.7. The van der Waals surface area contributed by atoms with Gasteiger partial charge in [0.2, 0.25) is 0 Å². The molecule has 0 aliphatic rings. The summed E-state index contributed by atoms with van der Waals surface area (Å²) in [7, 11) is 0. The maximum absolute atomic E-state index is 4.00. The van der Waals surface area contributed by atoms with Gasteiger partial charge in [-0.2, -0.15) is 0 Å². The summed E-state index contributed by atoms with van der Waals surface area (Å²) in [4.78, 5) is 0. The fraction of sp³-hybridized carbons (Fsp3) is 0.727. The molecule has 0 fully saturated rings. The van der Waals surface area contributed by atoms with Crippen LogP contribution in [0, 0.1) is 17.8 Å². The molecule has 0 aromatic carbocycles. The Labute approximate surface area is 71.7 Å². The van der Waals surface area contributed by atoms with Crippen molar-refractivity contribution in [2.45, 2.75) is 41.0 Å². The summed E-state index contributed by atoms with van der Waals surface area (Å²) < 4.78 is 0. The molecule has 11 heavy (non-hydrogen) atoms. The molecule has 0 amide bonds. The van der Waals surface area contributed by atoms with Crippen LogP contribution in [0.2, 0.25) is 0 Å². The molecule has 0 aliphatic heterocycles. The number of hydrogen-bond donors (Lipinski definition) is 0. The second-order valence-corrected chi connectivity index (χ2v) is 5.16. The van der Waals surface area contributed by atoms with Crippen molar-refractivity contribution in [3.63, 3.8) is 0 Å². The lowest BCUT2D eigenvalue weighted by Crippen LogP contribution is -2.04. The smallest absolute Gasteiger partial charge is 0.0175 e. The van der Waals surface area contributed by atoms with Crippen LogP contribution in [0.5, 0.6) is 0 Å². The molecule has 0 aliphatic carbocycles. The Bertz CT molecular complexity index is 127. The van der Waals surface area contributed by atoms with Crippen molar-refractivity contribution < 1.29 is 0 Å². The lowest BCUT2D eigenvalue weighted by atomic mass is 9.89. The lowest BCUT2D eigenvalue weighted by Gasteiger charge is -2.17. The van der Waals surface area contributed by atoms with Crippen LogP contribution in [-0.2, 0) is 0 Å². The number of hydrogen-bond acceptors (Lipinski definition) is 0. The molecule has 0 rings (SSSR count). The SMILES string of the molecule is [CH2]C(C)(C)/C=C/CC(C)(C)C. The molecule has 65 valence electrons. The summed E-state index contributed by atoms with van der Waals surface area (Å²) >= 11 is 0. The molecule has 0 spiro atoms. The Hall–Kier alpha value is -0.260. The first-order valence-electron chi connectivity index (χ1n) is 4.24. The van der Waals surface area contributed by atoms with Gasteiger partial charge in [-0.1, -0.05) is 46.8 Å². The molecule has 0 heterocycles. The highest BCUT2D eigenvalue weighted by Crippen LogP contribution is 2.21. The first-order valence-corrected chi connectivity index (χ1v) is 4.24. The third-order valence-corrected chi connectivity index (χ3v) is 1.30. The highest BCUT2D eigenvalue weighted by atomic mass is 14.1. The zero-order valence-corrected chi connectivity index (χ0v) is 8.57. The van der Waals surface area contributed by atoms with Gasteiger partial charge in [-0.3, -0.25) is 0 Å². The zero-order chi connectivity index (χ0) is 9.12. The Morgan fingerprint density at radius 2 is 1.55 bits per heavy atom. The van der Waals surface area contributed by atoms with Crippen molar-refractivity contribution in [2.24, 2.45) is 10.8 Å². The lowest BCUT2D eigenvalue weighted by molar-refractivity contribution is 0.418. The van der Waals surface area contributed by atoms with Crippen LogP contribution in [0.15, 0.2) is 12.2 Å². The van der Waals surface area contributed by atoms with Crippen LogP contribution >= 0.6 is 0 Å². The van der Waals surface area contributed by atoms with Gasteiger partial charge in [0.15, 0.2) is 0 Å². The standard InChI is InChI=1S/C11H21/c1-10(2,3)8-7-9-11(4,5)6/h7-8H,1,9H2,2-6H3/b8-7+. The van der Waals surface area contributed by atoms with Crippen molar-refractivity contribution in [3.05, 3.63) is 19.1 Å². The zero-order valence-electron chi connectivity index (χ0n) is 8.57. The van der Waals surface area contributed by atoms with Gasteiger partial charge in [-0.05, 0) is 24.2 Å². The molecular formula is C11H21. The minimum absolute atomic E-state index is 0.0885. The van der Waals surface area contributed by atoms with E-state index in [9.17, 15) is 0 Å². The molecule has 0 heteroatoms. The van der Waals surface area contributed by atoms with Gasteiger partial charge < -0.3 is 0 Å². The summed E-state index contributed by atoms with van der Waals surface area (Å²) in [6, 6.07) is 0. The van der Waals surface area contributed by atoms with Gasteiger partial charge >= 0.3 is 0 Å². The summed E-state index contributed by atoms with van der Waals surface area (Å²) in [5.41, 5.74) is 0.493. The Balaban J connectivity index is 3.80. The number of rotatable bonds is 2. The van der Waals surface area contributed by atoms with E-state index < -0.39 is 0 Å². The Kier molecular flexibility index (Phi) is 3.34. The van der Waals surface area contributed by atoms with Crippen LogP contribution in [0.25, 0.3) is 0 Å². The summed E-state index contributed by atoms with van der Waals surface area (Å²) in [5, 5.41) is 0. The van der Waals surface area contributed by atoms with Gasteiger partial charge in [-0.25, -0.2) is 0 Å². The molecule has 1 radical (unpaired) electrons. The van der Waals surface area contributed by atoms with E-state index in [2.05, 4.69) is 53.7 Å². The minimum atomic E-state index is 0.0885. The van der Waals surface area contributed by atoms with Gasteiger partial charge in [0.05, 0.1) is 0 Å². The molecule has 0 atom stereocenters. The van der Waals surface area contributed by atoms with E-state index in [-0.39, 0.29) is 5.41 Å². The van der Waals surface area contributed by atoms with Crippen LogP contribution < -0.4 is 0 Å². The summed E-state index contributed by atoms with van der Waals surface area (Å²) in [6.45, 7) is 15.0. The average Bonchev–Trinajstić information content (AvgIpc) is 1.55. The summed E-state index contributed by atoms with van der Waals surface area (Å²) in [5.74, 6) is 0. The van der Waals surface area contributed by atoms with E-state index in [1.54, 1.807) is 0 Å². The van der Waals surface area contributed by atoms with Crippen molar-refractivity contribution >= 4 is 0 Å². The van der Waals surface area contributed by atoms with Gasteiger partial charge in [0.1, 0.15) is 0 Å². The summed E-state index contributed by atoms with van der Waals surface area (Å²) in [6.07, 6.45) is 5.54. The van der Waals surface area contributed by atoms with E-state index >= 15 is 0 Å². The van der Waals surface area contributed by atoms with Gasteiger partial charge in [-0.15, -0.1) is 0 Å². The monoisotopic (exact) mass is 153 g/mol. The van der Waals surface area contributed by atoms with Gasteiger partial charge in [0, 0.05) is 0 Å². The predicted molar refractivity (Wildman–Crippen MR) is 52.4 cm³/mol. The van der Waals surface area contributed by atoms with Crippen molar-refractivity contribution in [1.29, 1.82) is 0 Å². The molecule has 0 saturated heterocycles. The van der Waals surface area contributed by atoms with E-state index in [0.29, 0.717) is 5.41 Å². The van der Waals surface area contributed by atoms with E-state index in [1.165, 1.54) is 0 Å². The first-order chi connectivity index (χ1) is 4.71. The van der Waals surface area contributed by atoms with Crippen molar-refractivity contribution in [2.75, 3.05) is 0 Å². The maximum atomic E-state index is 4.00. The Morgan fingerprint density at radius 1 is 1.09 bits per heavy atom. The second kappa shape index (κ2) is 3.42. The van der Waals surface area contributed by atoms with Crippen molar-refractivity contribution in [1.82, 2.24) is 0 Å². The average molecular weight is 153 g/mol. The number of allylic oxidation sites excluding steroid dienone is 2. The highest BCUT2D eigenvalue weighted by molar-refractivity contribution is 4.97. The molecule has 0 aromatic rings. The molecule has 0 bridgehead atoms. The minimum Gasteiger partial charge on any atom is -0.0875 e. The maximum Gasteiger partial charge on any atom is -0.0175 e. The van der Waals surface area contributed by atoms with E-state index in [0.717, 1.165) is 6.42 Å². The Morgan fingerprint density at radius 3 is 1.82 bits per heavy atom. The van der Waals surface area contributed by atoms with Crippen LogP contribution in [-0.4, -0.2) is 0 Å². The highest BCUT2D eigenvalue weighted by Gasteiger charge is 2.08. The largest absolute Gasteiger partial charge is 0.0875 e. The van der Waals surface area contributed by atoms with Crippen LogP contribution in [0.3, 0.4) is 0 Å². The molecule has 0 aromatic heterocycles. The van der Waals surface area contributed by atoms with Crippen molar-refractivity contribution in [3.8, 4) is 0 Å². The molecule has 0 unspecified atom stereocenters. The fourth-order valence-electron chi connectivity index (χ4n) is 0.732. The molecule has 0 saturated carbocycles. The van der Waals surface area contributed by atoms with Crippen LogP contribution in [0.4, 0.5) is 0 Å². The van der Waals surface area contributed by atoms with Gasteiger partial charge in [0.25, 0.3) is 0 Å². The quantitative estimate of drug-likeness (QED) is 0.529. The topological polar surface area (TPSA) is 0 Å². The molecular weight excluding hydrogens is 132 g/mol. The van der Waals surface area contributed by atoms with E-state index in [1.807, 2.05) is 0 Å².